The second kappa shape index (κ2) is 10.9. The lowest BCUT2D eigenvalue weighted by Gasteiger charge is -2.36. The number of nitrogens with one attached hydrogen (secondary N) is 2. The Bertz CT molecular complexity index is 988. The van der Waals surface area contributed by atoms with Crippen LogP contribution in [-0.2, 0) is 9.26 Å². The summed E-state index contributed by atoms with van der Waals surface area (Å²) in [6, 6.07) is 0.875. The Hall–Kier alpha value is -1.83. The van der Waals surface area contributed by atoms with Crippen LogP contribution in [0.15, 0.2) is 27.7 Å². The first-order chi connectivity index (χ1) is 14.9. The van der Waals surface area contributed by atoms with Gasteiger partial charge in [0.2, 0.25) is 0 Å². The van der Waals surface area contributed by atoms with E-state index in [2.05, 4.69) is 44.7 Å². The molecule has 0 unspecified atom stereocenters. The molecule has 0 radical (unpaired) electrons. The van der Waals surface area contributed by atoms with Crippen molar-refractivity contribution in [2.24, 2.45) is 0 Å². The van der Waals surface area contributed by atoms with E-state index in [0.717, 1.165) is 6.07 Å². The first-order valence-corrected chi connectivity index (χ1v) is 15.1. The summed E-state index contributed by atoms with van der Waals surface area (Å²) in [6.45, 7) is 10.6. The predicted octanol–water partition coefficient (Wildman–Crippen LogP) is 5.35. The number of amides is 1. The van der Waals surface area contributed by atoms with Crippen molar-refractivity contribution in [1.82, 2.24) is 5.48 Å². The molecule has 2 N–H and O–H groups in total. The maximum atomic E-state index is 14.6. The van der Waals surface area contributed by atoms with Crippen molar-refractivity contribution in [3.05, 3.63) is 50.5 Å². The minimum atomic E-state index is -1.99. The van der Waals surface area contributed by atoms with Crippen LogP contribution in [0.4, 0.5) is 18.9 Å². The number of aldehydes is 1. The molecule has 1 aliphatic heterocycles. The number of hydrogen-bond donors (Lipinski definition) is 2. The Morgan fingerprint density at radius 3 is 2.47 bits per heavy atom. The summed E-state index contributed by atoms with van der Waals surface area (Å²) in [5, 5.41) is 2.42. The van der Waals surface area contributed by atoms with Crippen LogP contribution in [-0.4, -0.2) is 37.7 Å². The molecule has 0 fully saturated rings. The lowest BCUT2D eigenvalue weighted by Crippen LogP contribution is -2.41. The first-order valence-electron chi connectivity index (χ1n) is 9.71. The molecule has 1 amide bonds. The van der Waals surface area contributed by atoms with Gasteiger partial charge in [0.05, 0.1) is 35.7 Å². The number of anilines is 1. The van der Waals surface area contributed by atoms with Gasteiger partial charge in [-0.1, -0.05) is 41.5 Å². The smallest absolute Gasteiger partial charge is 0.277 e. The summed E-state index contributed by atoms with van der Waals surface area (Å²) in [4.78, 5) is 28.8. The highest BCUT2D eigenvalue weighted by atomic mass is 127. The third-order valence-corrected chi connectivity index (χ3v) is 11.4. The van der Waals surface area contributed by atoms with Crippen molar-refractivity contribution in [2.45, 2.75) is 38.9 Å². The molecular weight excluding hydrogens is 556 g/mol. The summed E-state index contributed by atoms with van der Waals surface area (Å²) >= 11 is -0.601. The van der Waals surface area contributed by atoms with Gasteiger partial charge in [0.1, 0.15) is 0 Å². The predicted molar refractivity (Wildman–Crippen MR) is 129 cm³/mol. The fraction of sp³-hybridized carbons (Fsp3) is 0.381. The number of halogens is 4. The van der Waals surface area contributed by atoms with Crippen LogP contribution >= 0.6 is 20.7 Å². The zero-order valence-electron chi connectivity index (χ0n) is 18.4. The van der Waals surface area contributed by atoms with Gasteiger partial charge in [-0.15, -0.1) is 0 Å². The highest BCUT2D eigenvalue weighted by Gasteiger charge is 2.36. The van der Waals surface area contributed by atoms with Crippen molar-refractivity contribution >= 4 is 50.9 Å². The number of hydrogen-bond acceptors (Lipinski definition) is 5. The van der Waals surface area contributed by atoms with Gasteiger partial charge in [0.25, 0.3) is 5.91 Å². The molecule has 2 rings (SSSR count). The fourth-order valence-corrected chi connectivity index (χ4v) is 4.78. The Morgan fingerprint density at radius 2 is 1.88 bits per heavy atom. The molecule has 1 aliphatic rings. The van der Waals surface area contributed by atoms with E-state index in [4.69, 9.17) is 9.26 Å². The Labute approximate surface area is 196 Å². The normalized spacial score (nSPS) is 14.2. The van der Waals surface area contributed by atoms with Crippen LogP contribution in [0.2, 0.25) is 18.1 Å². The van der Waals surface area contributed by atoms with Crippen LogP contribution in [0.25, 0.3) is 0 Å². The lowest BCUT2D eigenvalue weighted by atomic mass is 10.1. The van der Waals surface area contributed by atoms with Gasteiger partial charge in [-0.25, -0.2) is 18.7 Å². The van der Waals surface area contributed by atoms with Gasteiger partial charge >= 0.3 is 0 Å². The summed E-state index contributed by atoms with van der Waals surface area (Å²) in [6.07, 6.45) is 1.48. The van der Waals surface area contributed by atoms with E-state index < -0.39 is 69.2 Å². The molecule has 0 aromatic heterocycles. The molecule has 0 bridgehead atoms. The molecule has 0 saturated carbocycles. The fourth-order valence-electron chi connectivity index (χ4n) is 2.32. The van der Waals surface area contributed by atoms with Crippen molar-refractivity contribution in [3.8, 4) is 0 Å². The molecule has 6 nitrogen and oxygen atoms in total. The Balaban J connectivity index is 2.16. The Kier molecular flexibility index (Phi) is 8.96. The standard InChI is InChI=1S/C21H26F3IN2O4Si/c1-21(2,3)32(4,5)31-9-8-30-27-20(29)14-10-13(12-28)17(23)18(24)19(14)26-16-6-7-25-11-15(16)22/h6-7,10-12,26H,8-9H2,1-5H3,(H,27,29). The van der Waals surface area contributed by atoms with Gasteiger partial charge in [-0.2, -0.15) is 0 Å². The van der Waals surface area contributed by atoms with Gasteiger partial charge in [0.15, 0.2) is 32.1 Å². The topological polar surface area (TPSA) is 76.7 Å². The van der Waals surface area contributed by atoms with Gasteiger partial charge in [-0.05, 0) is 34.4 Å². The van der Waals surface area contributed by atoms with E-state index in [1.807, 2.05) is 0 Å². The summed E-state index contributed by atoms with van der Waals surface area (Å²) in [7, 11) is -1.99. The molecule has 1 aromatic rings. The number of benzene rings is 1. The number of rotatable bonds is 9. The van der Waals surface area contributed by atoms with E-state index in [-0.39, 0.29) is 30.2 Å². The number of allylic oxidation sites excluding steroid dienone is 2. The van der Waals surface area contributed by atoms with E-state index >= 15 is 0 Å². The average molecular weight is 582 g/mol. The van der Waals surface area contributed by atoms with Gasteiger partial charge in [0, 0.05) is 4.01 Å². The quantitative estimate of drug-likeness (QED) is 0.135. The third-order valence-electron chi connectivity index (χ3n) is 5.20. The molecule has 0 aliphatic carbocycles. The second-order valence-electron chi connectivity index (χ2n) is 8.44. The van der Waals surface area contributed by atoms with Crippen LogP contribution in [0.3, 0.4) is 0 Å². The molecule has 1 aromatic carbocycles. The maximum Gasteiger partial charge on any atom is 0.277 e. The third kappa shape index (κ3) is 6.36. The average Bonchev–Trinajstić information content (AvgIpc) is 2.71. The van der Waals surface area contributed by atoms with Crippen LogP contribution < -0.4 is 10.8 Å². The molecular formula is C21H26F3IN2O4Si. The summed E-state index contributed by atoms with van der Waals surface area (Å²) in [5.74, 6) is -4.49. The van der Waals surface area contributed by atoms with E-state index in [0.29, 0.717) is 0 Å². The van der Waals surface area contributed by atoms with Crippen LogP contribution in [0, 0.1) is 11.6 Å². The second-order valence-corrected chi connectivity index (χ2v) is 15.3. The van der Waals surface area contributed by atoms with Crippen molar-refractivity contribution < 1.29 is 32.0 Å². The molecule has 1 heterocycles. The van der Waals surface area contributed by atoms with Gasteiger partial charge < -0.3 is 9.74 Å². The van der Waals surface area contributed by atoms with Crippen molar-refractivity contribution in [2.75, 3.05) is 18.5 Å². The van der Waals surface area contributed by atoms with Crippen LogP contribution in [0.1, 0.15) is 41.5 Å². The van der Waals surface area contributed by atoms with Crippen LogP contribution in [0.5, 0.6) is 0 Å². The Morgan fingerprint density at radius 1 is 1.19 bits per heavy atom. The zero-order valence-corrected chi connectivity index (χ0v) is 21.6. The van der Waals surface area contributed by atoms with Crippen molar-refractivity contribution in [1.29, 1.82) is 0 Å². The summed E-state index contributed by atoms with van der Waals surface area (Å²) < 4.78 is 51.8. The minimum absolute atomic E-state index is 0.00458. The highest BCUT2D eigenvalue weighted by molar-refractivity contribution is 14.2. The minimum Gasteiger partial charge on any atom is -0.414 e. The molecule has 0 saturated heterocycles. The SMILES string of the molecule is CC(C)(C)[Si](C)(C)OCCONC(=O)c1cc(C=O)c(F)c(F)c1NC1=C(F)C=IC=C1. The molecule has 11 heteroatoms. The summed E-state index contributed by atoms with van der Waals surface area (Å²) in [5.41, 5.74) is 0.351. The molecule has 32 heavy (non-hydrogen) atoms. The zero-order chi connectivity index (χ0) is 24.1. The molecule has 176 valence electrons. The van der Waals surface area contributed by atoms with E-state index in [9.17, 15) is 22.8 Å². The monoisotopic (exact) mass is 582 g/mol. The lowest BCUT2D eigenvalue weighted by molar-refractivity contribution is 0.0184. The number of carbonyl (C=O) groups is 2. The van der Waals surface area contributed by atoms with Gasteiger partial charge in [-0.3, -0.25) is 14.4 Å². The largest absolute Gasteiger partial charge is 0.414 e. The van der Waals surface area contributed by atoms with E-state index in [1.165, 1.54) is 10.1 Å². The van der Waals surface area contributed by atoms with E-state index in [1.54, 1.807) is 4.08 Å². The molecule has 0 atom stereocenters. The number of carbonyl (C=O) groups excluding carboxylic acids is 2. The first kappa shape index (κ1) is 26.4. The van der Waals surface area contributed by atoms with Crippen molar-refractivity contribution in [3.63, 3.8) is 0 Å². The molecule has 0 spiro atoms. The maximum absolute atomic E-state index is 14.6. The highest BCUT2D eigenvalue weighted by Crippen LogP contribution is 2.36. The number of hydroxylamine groups is 1.